The van der Waals surface area contributed by atoms with Crippen molar-refractivity contribution in [2.75, 3.05) is 0 Å². The normalized spacial score (nSPS) is 15.9. The van der Waals surface area contributed by atoms with Crippen LogP contribution in [0.5, 0.6) is 5.75 Å². The third kappa shape index (κ3) is 3.45. The maximum atomic E-state index is 6.43. The second-order valence-corrected chi connectivity index (χ2v) is 7.13. The molecule has 5 nitrogen and oxygen atoms in total. The van der Waals surface area contributed by atoms with Gasteiger partial charge in [-0.15, -0.1) is 0 Å². The maximum Gasteiger partial charge on any atom is 0.261 e. The molecule has 1 aliphatic rings. The molecule has 1 aromatic heterocycles. The molecule has 134 valence electrons. The standard InChI is InChI=1S/C20H20ClN3O2/c21-15-9-7-14(8-10-15)13-25-17-6-2-1-5-16(17)18-23-19(24-26-18)20(22)11-3-4-12-20/h1-2,5-10H,3-4,11-13,22H2. The van der Waals surface area contributed by atoms with Crippen LogP contribution in [0.4, 0.5) is 0 Å². The van der Waals surface area contributed by atoms with Gasteiger partial charge in [0, 0.05) is 5.02 Å². The van der Waals surface area contributed by atoms with Gasteiger partial charge in [0.15, 0.2) is 5.82 Å². The largest absolute Gasteiger partial charge is 0.488 e. The number of aromatic nitrogens is 2. The lowest BCUT2D eigenvalue weighted by Crippen LogP contribution is -2.34. The topological polar surface area (TPSA) is 74.2 Å². The lowest BCUT2D eigenvalue weighted by molar-refractivity contribution is 0.305. The molecule has 3 aromatic rings. The summed E-state index contributed by atoms with van der Waals surface area (Å²) in [6.45, 7) is 0.427. The van der Waals surface area contributed by atoms with Crippen molar-refractivity contribution in [1.82, 2.24) is 10.1 Å². The Labute approximate surface area is 157 Å². The summed E-state index contributed by atoms with van der Waals surface area (Å²) in [5.74, 6) is 1.70. The van der Waals surface area contributed by atoms with Crippen LogP contribution in [-0.2, 0) is 12.1 Å². The highest BCUT2D eigenvalue weighted by atomic mass is 35.5. The summed E-state index contributed by atoms with van der Waals surface area (Å²) in [4.78, 5) is 4.56. The van der Waals surface area contributed by atoms with Crippen LogP contribution in [0.15, 0.2) is 53.1 Å². The third-order valence-electron chi connectivity index (χ3n) is 4.79. The number of rotatable bonds is 5. The van der Waals surface area contributed by atoms with Crippen molar-refractivity contribution in [3.05, 3.63) is 64.9 Å². The van der Waals surface area contributed by atoms with Gasteiger partial charge in [0.05, 0.1) is 11.1 Å². The molecule has 1 heterocycles. The SMILES string of the molecule is NC1(c2noc(-c3ccccc3OCc3ccc(Cl)cc3)n2)CCCC1. The van der Waals surface area contributed by atoms with Crippen LogP contribution in [0.25, 0.3) is 11.5 Å². The third-order valence-corrected chi connectivity index (χ3v) is 5.04. The van der Waals surface area contributed by atoms with Gasteiger partial charge in [-0.2, -0.15) is 4.98 Å². The maximum absolute atomic E-state index is 6.43. The Hall–Kier alpha value is -2.37. The van der Waals surface area contributed by atoms with Crippen LogP contribution >= 0.6 is 11.6 Å². The van der Waals surface area contributed by atoms with E-state index in [1.165, 1.54) is 0 Å². The Bertz CT molecular complexity index is 886. The van der Waals surface area contributed by atoms with Crippen molar-refractivity contribution < 1.29 is 9.26 Å². The average Bonchev–Trinajstić information content (AvgIpc) is 3.32. The van der Waals surface area contributed by atoms with Crippen LogP contribution in [0.2, 0.25) is 5.02 Å². The summed E-state index contributed by atoms with van der Waals surface area (Å²) >= 11 is 5.92. The molecule has 0 amide bonds. The fraction of sp³-hybridized carbons (Fsp3) is 0.300. The Morgan fingerprint density at radius 2 is 1.81 bits per heavy atom. The smallest absolute Gasteiger partial charge is 0.261 e. The van der Waals surface area contributed by atoms with Gasteiger partial charge < -0.3 is 15.0 Å². The second kappa shape index (κ2) is 7.09. The van der Waals surface area contributed by atoms with Crippen molar-refractivity contribution in [2.24, 2.45) is 5.73 Å². The summed E-state index contributed by atoms with van der Waals surface area (Å²) in [6, 6.07) is 15.2. The van der Waals surface area contributed by atoms with Crippen LogP contribution in [0.3, 0.4) is 0 Å². The number of benzene rings is 2. The zero-order valence-electron chi connectivity index (χ0n) is 14.3. The first kappa shape index (κ1) is 17.1. The summed E-state index contributed by atoms with van der Waals surface area (Å²) < 4.78 is 11.5. The number of nitrogens with two attached hydrogens (primary N) is 1. The first-order valence-corrected chi connectivity index (χ1v) is 9.12. The molecule has 0 bridgehead atoms. The van der Waals surface area contributed by atoms with Gasteiger partial charge in [0.25, 0.3) is 5.89 Å². The number of nitrogens with zero attached hydrogens (tertiary/aromatic N) is 2. The van der Waals surface area contributed by atoms with Crippen LogP contribution < -0.4 is 10.5 Å². The van der Waals surface area contributed by atoms with E-state index >= 15 is 0 Å². The molecule has 1 aliphatic carbocycles. The van der Waals surface area contributed by atoms with E-state index in [-0.39, 0.29) is 0 Å². The predicted octanol–water partition coefficient (Wildman–Crippen LogP) is 4.70. The molecule has 0 spiro atoms. The minimum absolute atomic E-state index is 0.427. The molecule has 1 saturated carbocycles. The molecule has 4 rings (SSSR count). The van der Waals surface area contributed by atoms with E-state index in [1.54, 1.807) is 0 Å². The highest BCUT2D eigenvalue weighted by Crippen LogP contribution is 2.36. The Morgan fingerprint density at radius 3 is 2.58 bits per heavy atom. The monoisotopic (exact) mass is 369 g/mol. The number of hydrogen-bond acceptors (Lipinski definition) is 5. The number of ether oxygens (including phenoxy) is 1. The summed E-state index contributed by atoms with van der Waals surface area (Å²) in [7, 11) is 0. The predicted molar refractivity (Wildman–Crippen MR) is 99.9 cm³/mol. The molecule has 2 N–H and O–H groups in total. The van der Waals surface area contributed by atoms with E-state index in [2.05, 4.69) is 10.1 Å². The summed E-state index contributed by atoms with van der Waals surface area (Å²) in [6.07, 6.45) is 3.98. The van der Waals surface area contributed by atoms with Crippen LogP contribution in [0, 0.1) is 0 Å². The van der Waals surface area contributed by atoms with Crippen molar-refractivity contribution in [1.29, 1.82) is 0 Å². The zero-order valence-corrected chi connectivity index (χ0v) is 15.1. The molecule has 26 heavy (non-hydrogen) atoms. The number of para-hydroxylation sites is 1. The quantitative estimate of drug-likeness (QED) is 0.705. The van der Waals surface area contributed by atoms with E-state index < -0.39 is 5.54 Å². The summed E-state index contributed by atoms with van der Waals surface area (Å²) in [5.41, 5.74) is 7.75. The molecule has 0 radical (unpaired) electrons. The van der Waals surface area contributed by atoms with E-state index in [4.69, 9.17) is 26.6 Å². The molecule has 6 heteroatoms. The lowest BCUT2D eigenvalue weighted by atomic mass is 9.99. The van der Waals surface area contributed by atoms with Gasteiger partial charge >= 0.3 is 0 Å². The number of hydrogen-bond donors (Lipinski definition) is 1. The van der Waals surface area contributed by atoms with Crippen LogP contribution in [-0.4, -0.2) is 10.1 Å². The molecule has 2 aromatic carbocycles. The molecule has 1 fully saturated rings. The minimum Gasteiger partial charge on any atom is -0.488 e. The Morgan fingerprint density at radius 1 is 1.08 bits per heavy atom. The van der Waals surface area contributed by atoms with Crippen molar-refractivity contribution in [3.8, 4) is 17.2 Å². The zero-order chi connectivity index (χ0) is 18.0. The van der Waals surface area contributed by atoms with E-state index in [1.807, 2.05) is 48.5 Å². The average molecular weight is 370 g/mol. The van der Waals surface area contributed by atoms with E-state index in [9.17, 15) is 0 Å². The van der Waals surface area contributed by atoms with E-state index in [0.717, 1.165) is 36.8 Å². The highest BCUT2D eigenvalue weighted by molar-refractivity contribution is 6.30. The van der Waals surface area contributed by atoms with Gasteiger partial charge in [0.2, 0.25) is 0 Å². The van der Waals surface area contributed by atoms with Gasteiger partial charge in [-0.05, 0) is 42.7 Å². The first-order valence-electron chi connectivity index (χ1n) is 8.74. The van der Waals surface area contributed by atoms with Gasteiger partial charge in [-0.25, -0.2) is 0 Å². The Kier molecular flexibility index (Phi) is 4.66. The van der Waals surface area contributed by atoms with Crippen molar-refractivity contribution in [3.63, 3.8) is 0 Å². The second-order valence-electron chi connectivity index (χ2n) is 6.70. The molecule has 0 atom stereocenters. The first-order chi connectivity index (χ1) is 12.6. The fourth-order valence-electron chi connectivity index (χ4n) is 3.28. The summed E-state index contributed by atoms with van der Waals surface area (Å²) in [5, 5.41) is 4.84. The minimum atomic E-state index is -0.471. The fourth-order valence-corrected chi connectivity index (χ4v) is 3.40. The number of halogens is 1. The van der Waals surface area contributed by atoms with Crippen molar-refractivity contribution in [2.45, 2.75) is 37.8 Å². The van der Waals surface area contributed by atoms with Crippen LogP contribution in [0.1, 0.15) is 37.1 Å². The molecule has 0 unspecified atom stereocenters. The molecular weight excluding hydrogens is 350 g/mol. The van der Waals surface area contributed by atoms with Gasteiger partial charge in [-0.3, -0.25) is 0 Å². The van der Waals surface area contributed by atoms with Gasteiger partial charge in [0.1, 0.15) is 12.4 Å². The molecule has 0 aliphatic heterocycles. The molecule has 0 saturated heterocycles. The van der Waals surface area contributed by atoms with Gasteiger partial charge in [-0.1, -0.05) is 53.9 Å². The highest BCUT2D eigenvalue weighted by Gasteiger charge is 2.36. The Balaban J connectivity index is 1.56. The lowest BCUT2D eigenvalue weighted by Gasteiger charge is -2.17. The molecular formula is C20H20ClN3O2. The van der Waals surface area contributed by atoms with E-state index in [0.29, 0.717) is 29.1 Å². The van der Waals surface area contributed by atoms with Crippen molar-refractivity contribution >= 4 is 11.6 Å².